The molecular formula is C20H16O. The smallest absolute Gasteiger partial charge is 0.123 e. The summed E-state index contributed by atoms with van der Waals surface area (Å²) in [5.74, 6) is 0.361. The standard InChI is InChI=1S/C20H16O/c1-12-10-14-6-3-4-7-15(14)17-11-13(2)20-16(19(12)17)8-5-9-18(20)21/h3-11,21H,1-2H3. The van der Waals surface area contributed by atoms with Crippen LogP contribution >= 0.6 is 0 Å². The second-order valence-electron chi connectivity index (χ2n) is 5.73. The molecule has 0 saturated carbocycles. The maximum atomic E-state index is 10.2. The molecule has 0 atom stereocenters. The maximum Gasteiger partial charge on any atom is 0.123 e. The summed E-state index contributed by atoms with van der Waals surface area (Å²) >= 11 is 0. The molecule has 1 heteroatoms. The van der Waals surface area contributed by atoms with Crippen molar-refractivity contribution in [1.82, 2.24) is 0 Å². The zero-order valence-corrected chi connectivity index (χ0v) is 12.1. The summed E-state index contributed by atoms with van der Waals surface area (Å²) in [5, 5.41) is 17.4. The summed E-state index contributed by atoms with van der Waals surface area (Å²) in [6, 6.07) is 18.7. The van der Waals surface area contributed by atoms with Gasteiger partial charge in [-0.1, -0.05) is 48.5 Å². The van der Waals surface area contributed by atoms with Crippen LogP contribution in [0.15, 0.2) is 54.6 Å². The molecule has 0 aliphatic heterocycles. The molecule has 0 radical (unpaired) electrons. The summed E-state index contributed by atoms with van der Waals surface area (Å²) in [4.78, 5) is 0. The van der Waals surface area contributed by atoms with Crippen LogP contribution in [0.2, 0.25) is 0 Å². The van der Waals surface area contributed by atoms with E-state index < -0.39 is 0 Å². The van der Waals surface area contributed by atoms with Crippen molar-refractivity contribution in [3.05, 3.63) is 65.7 Å². The summed E-state index contributed by atoms with van der Waals surface area (Å²) in [6.45, 7) is 4.21. The van der Waals surface area contributed by atoms with Crippen LogP contribution in [0, 0.1) is 13.8 Å². The van der Waals surface area contributed by atoms with E-state index in [-0.39, 0.29) is 0 Å². The maximum absolute atomic E-state index is 10.2. The zero-order chi connectivity index (χ0) is 14.6. The molecule has 4 aromatic carbocycles. The van der Waals surface area contributed by atoms with Crippen LogP contribution in [0.3, 0.4) is 0 Å². The first-order chi connectivity index (χ1) is 10.2. The van der Waals surface area contributed by atoms with E-state index in [0.717, 1.165) is 16.3 Å². The normalized spacial score (nSPS) is 11.5. The number of benzene rings is 4. The minimum absolute atomic E-state index is 0.361. The Bertz CT molecular complexity index is 1010. The predicted molar refractivity (Wildman–Crippen MR) is 90.1 cm³/mol. The van der Waals surface area contributed by atoms with Crippen LogP contribution < -0.4 is 0 Å². The fourth-order valence-corrected chi connectivity index (χ4v) is 3.48. The lowest BCUT2D eigenvalue weighted by Crippen LogP contribution is -1.88. The van der Waals surface area contributed by atoms with Crippen LogP contribution in [-0.4, -0.2) is 5.11 Å². The van der Waals surface area contributed by atoms with Gasteiger partial charge in [0.2, 0.25) is 0 Å². The van der Waals surface area contributed by atoms with Gasteiger partial charge in [0.15, 0.2) is 0 Å². The van der Waals surface area contributed by atoms with Crippen LogP contribution in [0.1, 0.15) is 11.1 Å². The first-order valence-electron chi connectivity index (χ1n) is 7.20. The molecule has 0 aliphatic rings. The second-order valence-corrected chi connectivity index (χ2v) is 5.73. The van der Waals surface area contributed by atoms with Gasteiger partial charge >= 0.3 is 0 Å². The van der Waals surface area contributed by atoms with Crippen molar-refractivity contribution >= 4 is 32.3 Å². The molecule has 0 bridgehead atoms. The SMILES string of the molecule is Cc1cc2c3ccccc3cc(C)c2c2cccc(O)c12. The number of hydrogen-bond acceptors (Lipinski definition) is 1. The molecule has 21 heavy (non-hydrogen) atoms. The Morgan fingerprint density at radius 2 is 1.38 bits per heavy atom. The Kier molecular flexibility index (Phi) is 2.46. The number of phenols is 1. The number of aromatic hydroxyl groups is 1. The van der Waals surface area contributed by atoms with Gasteiger partial charge in [0.05, 0.1) is 0 Å². The molecular weight excluding hydrogens is 256 g/mol. The fourth-order valence-electron chi connectivity index (χ4n) is 3.48. The van der Waals surface area contributed by atoms with E-state index in [4.69, 9.17) is 0 Å². The highest BCUT2D eigenvalue weighted by atomic mass is 16.3. The van der Waals surface area contributed by atoms with Crippen molar-refractivity contribution in [3.8, 4) is 5.75 Å². The third-order valence-corrected chi connectivity index (χ3v) is 4.35. The number of aryl methyl sites for hydroxylation is 2. The van der Waals surface area contributed by atoms with Crippen LogP contribution in [-0.2, 0) is 0 Å². The average molecular weight is 272 g/mol. The van der Waals surface area contributed by atoms with E-state index in [1.807, 2.05) is 6.07 Å². The van der Waals surface area contributed by atoms with Crippen molar-refractivity contribution in [2.24, 2.45) is 0 Å². The Balaban J connectivity index is 2.38. The van der Waals surface area contributed by atoms with Gasteiger partial charge in [0, 0.05) is 5.39 Å². The number of rotatable bonds is 0. The van der Waals surface area contributed by atoms with Crippen LogP contribution in [0.25, 0.3) is 32.3 Å². The molecule has 0 heterocycles. The van der Waals surface area contributed by atoms with Crippen LogP contribution in [0.5, 0.6) is 5.75 Å². The van der Waals surface area contributed by atoms with Gasteiger partial charge in [0.1, 0.15) is 5.75 Å². The summed E-state index contributed by atoms with van der Waals surface area (Å²) in [7, 11) is 0. The van der Waals surface area contributed by atoms with Gasteiger partial charge in [-0.3, -0.25) is 0 Å². The molecule has 1 nitrogen and oxygen atoms in total. The van der Waals surface area contributed by atoms with Gasteiger partial charge in [-0.25, -0.2) is 0 Å². The van der Waals surface area contributed by atoms with E-state index >= 15 is 0 Å². The molecule has 4 aromatic rings. The average Bonchev–Trinajstić information content (AvgIpc) is 2.47. The quantitative estimate of drug-likeness (QED) is 0.421. The van der Waals surface area contributed by atoms with Gasteiger partial charge in [0.25, 0.3) is 0 Å². The summed E-state index contributed by atoms with van der Waals surface area (Å²) < 4.78 is 0. The number of phenolic OH excluding ortho intramolecular Hbond substituents is 1. The minimum Gasteiger partial charge on any atom is -0.507 e. The molecule has 0 amide bonds. The van der Waals surface area contributed by atoms with Crippen molar-refractivity contribution < 1.29 is 5.11 Å². The second kappa shape index (κ2) is 4.23. The van der Waals surface area contributed by atoms with E-state index in [9.17, 15) is 5.11 Å². The largest absolute Gasteiger partial charge is 0.507 e. The van der Waals surface area contributed by atoms with Crippen LogP contribution in [0.4, 0.5) is 0 Å². The molecule has 0 fully saturated rings. The Morgan fingerprint density at radius 3 is 2.24 bits per heavy atom. The van der Waals surface area contributed by atoms with Crippen molar-refractivity contribution in [3.63, 3.8) is 0 Å². The number of fused-ring (bicyclic) bond motifs is 5. The lowest BCUT2D eigenvalue weighted by atomic mass is 9.91. The Hall–Kier alpha value is -2.54. The minimum atomic E-state index is 0.361. The predicted octanol–water partition coefficient (Wildman–Crippen LogP) is 5.47. The topological polar surface area (TPSA) is 20.2 Å². The zero-order valence-electron chi connectivity index (χ0n) is 12.1. The third kappa shape index (κ3) is 1.64. The van der Waals surface area contributed by atoms with Crippen molar-refractivity contribution in [2.75, 3.05) is 0 Å². The molecule has 102 valence electrons. The highest BCUT2D eigenvalue weighted by molar-refractivity contribution is 6.20. The third-order valence-electron chi connectivity index (χ3n) is 4.35. The highest BCUT2D eigenvalue weighted by Crippen LogP contribution is 2.38. The number of hydrogen-bond donors (Lipinski definition) is 1. The monoisotopic (exact) mass is 272 g/mol. The van der Waals surface area contributed by atoms with Gasteiger partial charge in [-0.2, -0.15) is 0 Å². The summed E-state index contributed by atoms with van der Waals surface area (Å²) in [5.41, 5.74) is 2.37. The molecule has 0 unspecified atom stereocenters. The first kappa shape index (κ1) is 12.2. The van der Waals surface area contributed by atoms with Crippen molar-refractivity contribution in [2.45, 2.75) is 13.8 Å². The van der Waals surface area contributed by atoms with Crippen molar-refractivity contribution in [1.29, 1.82) is 0 Å². The highest BCUT2D eigenvalue weighted by Gasteiger charge is 2.11. The van der Waals surface area contributed by atoms with E-state index in [0.29, 0.717) is 5.75 Å². The van der Waals surface area contributed by atoms with E-state index in [2.05, 4.69) is 56.3 Å². The molecule has 0 aromatic heterocycles. The van der Waals surface area contributed by atoms with E-state index in [1.54, 1.807) is 6.07 Å². The molecule has 1 N–H and O–H groups in total. The van der Waals surface area contributed by atoms with E-state index in [1.165, 1.54) is 27.1 Å². The first-order valence-corrected chi connectivity index (χ1v) is 7.20. The van der Waals surface area contributed by atoms with Gasteiger partial charge < -0.3 is 5.11 Å². The lowest BCUT2D eigenvalue weighted by Gasteiger charge is -2.13. The van der Waals surface area contributed by atoms with Gasteiger partial charge in [-0.15, -0.1) is 0 Å². The Labute approximate surface area is 123 Å². The Morgan fingerprint density at radius 1 is 0.667 bits per heavy atom. The molecule has 0 aliphatic carbocycles. The lowest BCUT2D eigenvalue weighted by molar-refractivity contribution is 0.481. The van der Waals surface area contributed by atoms with Gasteiger partial charge in [-0.05, 0) is 58.0 Å². The molecule has 0 saturated heterocycles. The summed E-state index contributed by atoms with van der Waals surface area (Å²) in [6.07, 6.45) is 0. The fraction of sp³-hybridized carbons (Fsp3) is 0.100. The molecule has 4 rings (SSSR count). The molecule has 0 spiro atoms.